The Morgan fingerprint density at radius 1 is 1.27 bits per heavy atom. The molecule has 0 saturated heterocycles. The number of aromatic amines is 1. The van der Waals surface area contributed by atoms with Gasteiger partial charge in [-0.1, -0.05) is 18.2 Å². The molecule has 0 radical (unpaired) electrons. The van der Waals surface area contributed by atoms with Crippen molar-refractivity contribution in [3.8, 4) is 11.1 Å². The molecule has 0 aliphatic heterocycles. The van der Waals surface area contributed by atoms with Crippen LogP contribution in [0.1, 0.15) is 5.69 Å². The lowest BCUT2D eigenvalue weighted by Crippen LogP contribution is -2.04. The van der Waals surface area contributed by atoms with Crippen LogP contribution in [0, 0.1) is 5.82 Å². The molecule has 1 heterocycles. The Kier molecular flexibility index (Phi) is 2.78. The van der Waals surface area contributed by atoms with Gasteiger partial charge in [0.05, 0.1) is 6.20 Å². The maximum absolute atomic E-state index is 13.5. The van der Waals surface area contributed by atoms with Crippen LogP contribution in [0.5, 0.6) is 0 Å². The van der Waals surface area contributed by atoms with Crippen molar-refractivity contribution in [3.05, 3.63) is 42.0 Å². The summed E-state index contributed by atoms with van der Waals surface area (Å²) in [6, 6.07) is 6.65. The van der Waals surface area contributed by atoms with Crippen molar-refractivity contribution in [3.63, 3.8) is 0 Å². The number of nitrogens with zero attached hydrogens (tertiary/aromatic N) is 1. The van der Waals surface area contributed by atoms with Crippen molar-refractivity contribution in [2.75, 3.05) is 6.54 Å². The van der Waals surface area contributed by atoms with E-state index in [0.29, 0.717) is 18.5 Å². The number of H-pyrrole nitrogens is 1. The Morgan fingerprint density at radius 3 is 2.80 bits per heavy atom. The molecule has 0 spiro atoms. The SMILES string of the molecule is NCCc1[nH]ncc1-c1ccccc1F. The largest absolute Gasteiger partial charge is 0.330 e. The summed E-state index contributed by atoms with van der Waals surface area (Å²) in [5.74, 6) is -0.239. The Bertz CT molecular complexity index is 451. The molecule has 0 atom stereocenters. The Hall–Kier alpha value is -1.68. The fourth-order valence-corrected chi connectivity index (χ4v) is 1.56. The highest BCUT2D eigenvalue weighted by molar-refractivity contribution is 5.65. The summed E-state index contributed by atoms with van der Waals surface area (Å²) in [6.45, 7) is 0.518. The topological polar surface area (TPSA) is 54.7 Å². The number of aromatic nitrogens is 2. The second-order valence-electron chi connectivity index (χ2n) is 3.28. The first-order valence-corrected chi connectivity index (χ1v) is 4.80. The van der Waals surface area contributed by atoms with Gasteiger partial charge in [0.25, 0.3) is 0 Å². The van der Waals surface area contributed by atoms with Crippen LogP contribution in [0.3, 0.4) is 0 Å². The summed E-state index contributed by atoms with van der Waals surface area (Å²) in [6.07, 6.45) is 2.30. The van der Waals surface area contributed by atoms with Gasteiger partial charge >= 0.3 is 0 Å². The summed E-state index contributed by atoms with van der Waals surface area (Å²) >= 11 is 0. The predicted molar refractivity (Wildman–Crippen MR) is 56.7 cm³/mol. The number of rotatable bonds is 3. The molecule has 0 unspecified atom stereocenters. The van der Waals surface area contributed by atoms with Crippen LogP contribution in [0.2, 0.25) is 0 Å². The molecule has 2 rings (SSSR count). The summed E-state index contributed by atoms with van der Waals surface area (Å²) in [7, 11) is 0. The second-order valence-corrected chi connectivity index (χ2v) is 3.28. The smallest absolute Gasteiger partial charge is 0.131 e. The summed E-state index contributed by atoms with van der Waals surface area (Å²) in [5, 5.41) is 6.75. The molecule has 3 N–H and O–H groups in total. The average Bonchev–Trinajstić information content (AvgIpc) is 2.67. The molecule has 0 saturated carbocycles. The van der Waals surface area contributed by atoms with Gasteiger partial charge in [0.1, 0.15) is 5.82 Å². The standard InChI is InChI=1S/C11H12FN3/c12-10-4-2-1-3-8(10)9-7-14-15-11(9)5-6-13/h1-4,7H,5-6,13H2,(H,14,15). The van der Waals surface area contributed by atoms with E-state index in [1.54, 1.807) is 24.4 Å². The Balaban J connectivity index is 2.45. The second kappa shape index (κ2) is 4.23. The van der Waals surface area contributed by atoms with E-state index in [0.717, 1.165) is 11.3 Å². The van der Waals surface area contributed by atoms with Gasteiger partial charge in [0.2, 0.25) is 0 Å². The molecular formula is C11H12FN3. The van der Waals surface area contributed by atoms with Crippen LogP contribution in [0.15, 0.2) is 30.5 Å². The van der Waals surface area contributed by atoms with E-state index in [4.69, 9.17) is 5.73 Å². The Morgan fingerprint density at radius 2 is 2.07 bits per heavy atom. The first kappa shape index (κ1) is 9.86. The third-order valence-corrected chi connectivity index (χ3v) is 2.28. The van der Waals surface area contributed by atoms with Gasteiger partial charge in [0, 0.05) is 23.2 Å². The third-order valence-electron chi connectivity index (χ3n) is 2.28. The zero-order valence-corrected chi connectivity index (χ0v) is 8.20. The van der Waals surface area contributed by atoms with Crippen LogP contribution in [0.4, 0.5) is 4.39 Å². The molecule has 15 heavy (non-hydrogen) atoms. The van der Waals surface area contributed by atoms with Gasteiger partial charge in [-0.25, -0.2) is 4.39 Å². The number of halogens is 1. The number of hydrogen-bond acceptors (Lipinski definition) is 2. The van der Waals surface area contributed by atoms with Crippen LogP contribution in [0.25, 0.3) is 11.1 Å². The predicted octanol–water partition coefficient (Wildman–Crippen LogP) is 1.72. The van der Waals surface area contributed by atoms with Crippen molar-refractivity contribution < 1.29 is 4.39 Å². The monoisotopic (exact) mass is 205 g/mol. The van der Waals surface area contributed by atoms with E-state index in [1.165, 1.54) is 6.07 Å². The average molecular weight is 205 g/mol. The van der Waals surface area contributed by atoms with Crippen LogP contribution in [-0.4, -0.2) is 16.7 Å². The van der Waals surface area contributed by atoms with Crippen molar-refractivity contribution >= 4 is 0 Å². The molecule has 1 aromatic carbocycles. The van der Waals surface area contributed by atoms with Gasteiger partial charge in [-0.2, -0.15) is 5.10 Å². The van der Waals surface area contributed by atoms with Crippen LogP contribution < -0.4 is 5.73 Å². The quantitative estimate of drug-likeness (QED) is 0.801. The number of benzene rings is 1. The van der Waals surface area contributed by atoms with Gasteiger partial charge in [-0.05, 0) is 12.6 Å². The molecule has 0 fully saturated rings. The highest BCUT2D eigenvalue weighted by Gasteiger charge is 2.10. The summed E-state index contributed by atoms with van der Waals surface area (Å²) < 4.78 is 13.5. The fraction of sp³-hybridized carbons (Fsp3) is 0.182. The molecule has 0 aliphatic carbocycles. The number of nitrogens with two attached hydrogens (primary N) is 1. The van der Waals surface area contributed by atoms with Crippen molar-refractivity contribution in [2.45, 2.75) is 6.42 Å². The molecule has 0 bridgehead atoms. The molecule has 0 amide bonds. The normalized spacial score (nSPS) is 10.5. The van der Waals surface area contributed by atoms with Crippen molar-refractivity contribution in [2.24, 2.45) is 5.73 Å². The molecule has 78 valence electrons. The lowest BCUT2D eigenvalue weighted by molar-refractivity contribution is 0.631. The Labute approximate surface area is 87.1 Å². The molecule has 2 aromatic rings. The number of nitrogens with one attached hydrogen (secondary N) is 1. The molecule has 3 nitrogen and oxygen atoms in total. The van der Waals surface area contributed by atoms with Gasteiger partial charge in [-0.3, -0.25) is 5.10 Å². The fourth-order valence-electron chi connectivity index (χ4n) is 1.56. The van der Waals surface area contributed by atoms with Gasteiger partial charge in [0.15, 0.2) is 0 Å². The molecule has 1 aromatic heterocycles. The van der Waals surface area contributed by atoms with E-state index >= 15 is 0 Å². The first-order chi connectivity index (χ1) is 7.33. The molecule has 4 heteroatoms. The minimum atomic E-state index is -0.239. The van der Waals surface area contributed by atoms with E-state index in [9.17, 15) is 4.39 Å². The third kappa shape index (κ3) is 1.89. The van der Waals surface area contributed by atoms with Crippen molar-refractivity contribution in [1.29, 1.82) is 0 Å². The maximum atomic E-state index is 13.5. The van der Waals surface area contributed by atoms with E-state index in [2.05, 4.69) is 10.2 Å². The molecule has 0 aliphatic rings. The minimum Gasteiger partial charge on any atom is -0.330 e. The highest BCUT2D eigenvalue weighted by Crippen LogP contribution is 2.24. The van der Waals surface area contributed by atoms with Crippen LogP contribution in [-0.2, 0) is 6.42 Å². The van der Waals surface area contributed by atoms with E-state index < -0.39 is 0 Å². The lowest BCUT2D eigenvalue weighted by Gasteiger charge is -2.02. The van der Waals surface area contributed by atoms with Gasteiger partial charge < -0.3 is 5.73 Å². The zero-order valence-electron chi connectivity index (χ0n) is 8.20. The minimum absolute atomic E-state index is 0.239. The lowest BCUT2D eigenvalue weighted by atomic mass is 10.0. The van der Waals surface area contributed by atoms with E-state index in [-0.39, 0.29) is 5.82 Å². The van der Waals surface area contributed by atoms with Crippen LogP contribution >= 0.6 is 0 Å². The highest BCUT2D eigenvalue weighted by atomic mass is 19.1. The summed E-state index contributed by atoms with van der Waals surface area (Å²) in [5.41, 5.74) is 7.70. The zero-order chi connectivity index (χ0) is 10.7. The first-order valence-electron chi connectivity index (χ1n) is 4.80. The molecular weight excluding hydrogens is 193 g/mol. The number of hydrogen-bond donors (Lipinski definition) is 2. The van der Waals surface area contributed by atoms with Gasteiger partial charge in [-0.15, -0.1) is 0 Å². The maximum Gasteiger partial charge on any atom is 0.131 e. The van der Waals surface area contributed by atoms with E-state index in [1.807, 2.05) is 0 Å². The van der Waals surface area contributed by atoms with Crippen molar-refractivity contribution in [1.82, 2.24) is 10.2 Å². The summed E-state index contributed by atoms with van der Waals surface area (Å²) in [4.78, 5) is 0.